The molecule has 0 saturated heterocycles. The molecule has 5 nitrogen and oxygen atoms in total. The second-order valence-electron chi connectivity index (χ2n) is 18.8. The lowest BCUT2D eigenvalue weighted by Crippen LogP contribution is -2.45. The van der Waals surface area contributed by atoms with Gasteiger partial charge in [-0.25, -0.2) is 0 Å². The lowest BCUT2D eigenvalue weighted by Gasteiger charge is -2.21. The van der Waals surface area contributed by atoms with Gasteiger partial charge in [0.1, 0.15) is 0 Å². The minimum absolute atomic E-state index is 0.0143. The number of aliphatic hydroxyl groups excluding tert-OH is 3. The Bertz CT molecular complexity index is 947. The first-order valence-electron chi connectivity index (χ1n) is 27.3. The van der Waals surface area contributed by atoms with Crippen molar-refractivity contribution in [1.82, 2.24) is 5.32 Å². The monoisotopic (exact) mass is 858 g/mol. The number of carbonyl (C=O) groups excluding carboxylic acids is 1. The van der Waals surface area contributed by atoms with Crippen LogP contribution < -0.4 is 5.32 Å². The number of unbranched alkanes of at least 4 members (excludes halogenated alkanes) is 37. The average Bonchev–Trinajstić information content (AvgIpc) is 3.25. The fourth-order valence-electron chi connectivity index (χ4n) is 8.49. The summed E-state index contributed by atoms with van der Waals surface area (Å²) in [5, 5.41) is 33.2. The van der Waals surface area contributed by atoms with Crippen LogP contribution in [-0.2, 0) is 4.79 Å². The van der Waals surface area contributed by atoms with Gasteiger partial charge in [-0.15, -0.1) is 0 Å². The Labute approximate surface area is 381 Å². The Morgan fingerprint density at radius 1 is 0.426 bits per heavy atom. The molecule has 5 heteroatoms. The molecule has 3 atom stereocenters. The van der Waals surface area contributed by atoms with Crippen LogP contribution in [0.1, 0.15) is 290 Å². The van der Waals surface area contributed by atoms with E-state index in [1.165, 1.54) is 231 Å². The lowest BCUT2D eigenvalue weighted by molar-refractivity contribution is -0.124. The molecule has 3 unspecified atom stereocenters. The summed E-state index contributed by atoms with van der Waals surface area (Å²) >= 11 is 0. The fraction of sp³-hybridized carbons (Fsp3) is 0.875. The number of allylic oxidation sites excluding steroid dienone is 5. The molecule has 0 saturated carbocycles. The highest BCUT2D eigenvalue weighted by molar-refractivity contribution is 5.76. The molecule has 0 aromatic rings. The summed E-state index contributed by atoms with van der Waals surface area (Å²) < 4.78 is 0. The van der Waals surface area contributed by atoms with Gasteiger partial charge in [0.05, 0.1) is 31.3 Å². The molecule has 0 radical (unpaired) electrons. The first-order valence-corrected chi connectivity index (χ1v) is 27.3. The Morgan fingerprint density at radius 3 is 1.08 bits per heavy atom. The summed E-state index contributed by atoms with van der Waals surface area (Å²) in [4.78, 5) is 12.4. The Balaban J connectivity index is 3.45. The van der Waals surface area contributed by atoms with Gasteiger partial charge in [0, 0.05) is 0 Å². The quantitative estimate of drug-likeness (QED) is 0.0362. The van der Waals surface area contributed by atoms with Crippen LogP contribution in [0.3, 0.4) is 0 Å². The van der Waals surface area contributed by atoms with Crippen molar-refractivity contribution >= 4 is 5.91 Å². The molecular weight excluding hydrogens is 751 g/mol. The molecule has 0 bridgehead atoms. The van der Waals surface area contributed by atoms with Crippen LogP contribution >= 0.6 is 0 Å². The number of nitrogens with one attached hydrogen (secondary N) is 1. The van der Waals surface area contributed by atoms with Gasteiger partial charge in [-0.05, 0) is 51.4 Å². The predicted molar refractivity (Wildman–Crippen MR) is 268 cm³/mol. The van der Waals surface area contributed by atoms with Crippen molar-refractivity contribution in [3.05, 3.63) is 36.5 Å². The van der Waals surface area contributed by atoms with Gasteiger partial charge in [0.25, 0.3) is 0 Å². The normalized spacial score (nSPS) is 13.6. The van der Waals surface area contributed by atoms with Crippen LogP contribution in [0, 0.1) is 0 Å². The number of hydrogen-bond acceptors (Lipinski definition) is 4. The van der Waals surface area contributed by atoms with Crippen LogP contribution in [0.2, 0.25) is 0 Å². The molecule has 0 aliphatic rings. The van der Waals surface area contributed by atoms with E-state index in [0.29, 0.717) is 6.42 Å². The molecule has 0 aromatic carbocycles. The van der Waals surface area contributed by atoms with Gasteiger partial charge >= 0.3 is 0 Å². The van der Waals surface area contributed by atoms with Gasteiger partial charge in [-0.2, -0.15) is 0 Å². The lowest BCUT2D eigenvalue weighted by atomic mass is 10.0. The largest absolute Gasteiger partial charge is 0.394 e. The predicted octanol–water partition coefficient (Wildman–Crippen LogP) is 16.7. The highest BCUT2D eigenvalue weighted by atomic mass is 16.3. The van der Waals surface area contributed by atoms with E-state index in [0.717, 1.165) is 32.1 Å². The summed E-state index contributed by atoms with van der Waals surface area (Å²) in [6.07, 6.45) is 66.5. The van der Waals surface area contributed by atoms with Crippen molar-refractivity contribution < 1.29 is 20.1 Å². The van der Waals surface area contributed by atoms with Gasteiger partial charge in [0.15, 0.2) is 0 Å². The van der Waals surface area contributed by atoms with E-state index in [9.17, 15) is 20.1 Å². The van der Waals surface area contributed by atoms with Crippen LogP contribution in [0.5, 0.6) is 0 Å². The molecule has 0 fully saturated rings. The maximum absolute atomic E-state index is 12.4. The third-order valence-corrected chi connectivity index (χ3v) is 12.7. The topological polar surface area (TPSA) is 89.8 Å². The van der Waals surface area contributed by atoms with Crippen LogP contribution in [-0.4, -0.2) is 46.1 Å². The third-order valence-electron chi connectivity index (χ3n) is 12.7. The molecule has 4 N–H and O–H groups in total. The number of hydrogen-bond donors (Lipinski definition) is 4. The minimum atomic E-state index is -0.926. The second-order valence-corrected chi connectivity index (χ2v) is 18.8. The molecule has 360 valence electrons. The number of rotatable bonds is 50. The molecule has 0 heterocycles. The molecular formula is C56H107NO4. The van der Waals surface area contributed by atoms with Gasteiger partial charge in [0.2, 0.25) is 5.91 Å². The van der Waals surface area contributed by atoms with Crippen molar-refractivity contribution in [2.75, 3.05) is 6.61 Å². The summed E-state index contributed by atoms with van der Waals surface area (Å²) in [5.74, 6) is -0.316. The van der Waals surface area contributed by atoms with Crippen molar-refractivity contribution in [3.8, 4) is 0 Å². The van der Waals surface area contributed by atoms with E-state index in [2.05, 4.69) is 43.5 Å². The standard InChI is InChI=1S/C56H107NO4/c1-3-5-7-9-11-13-14-15-16-17-18-19-20-21-22-23-24-25-26-27-28-29-30-31-32-33-34-35-36-37-38-39-40-42-43-45-47-49-53(59)51-56(61)57-54(52-58)55(60)50-48-46-44-41-12-10-8-6-4-2/h24-25,27-28,48,50,53-55,58-60H,3-23,26,29-47,49,51-52H2,1-2H3,(H,57,61)/b25-24-,28-27-,50-48+. The smallest absolute Gasteiger partial charge is 0.222 e. The molecule has 61 heavy (non-hydrogen) atoms. The molecule has 0 spiro atoms. The summed E-state index contributed by atoms with van der Waals surface area (Å²) in [6, 6.07) is -0.742. The highest BCUT2D eigenvalue weighted by Crippen LogP contribution is 2.17. The molecule has 0 aromatic heterocycles. The van der Waals surface area contributed by atoms with E-state index in [1.54, 1.807) is 6.08 Å². The Kier molecular flexibility index (Phi) is 50.0. The second kappa shape index (κ2) is 51.2. The minimum Gasteiger partial charge on any atom is -0.394 e. The van der Waals surface area contributed by atoms with E-state index in [-0.39, 0.29) is 18.9 Å². The fourth-order valence-corrected chi connectivity index (χ4v) is 8.49. The maximum atomic E-state index is 12.4. The average molecular weight is 858 g/mol. The number of carbonyl (C=O) groups is 1. The van der Waals surface area contributed by atoms with Crippen molar-refractivity contribution in [2.45, 2.75) is 308 Å². The molecule has 0 aliphatic carbocycles. The zero-order valence-electron chi connectivity index (χ0n) is 41.1. The molecule has 1 amide bonds. The van der Waals surface area contributed by atoms with Crippen LogP contribution in [0.25, 0.3) is 0 Å². The van der Waals surface area contributed by atoms with Crippen molar-refractivity contribution in [2.24, 2.45) is 0 Å². The number of amides is 1. The van der Waals surface area contributed by atoms with Crippen LogP contribution in [0.4, 0.5) is 0 Å². The summed E-state index contributed by atoms with van der Waals surface area (Å²) in [5.41, 5.74) is 0. The van der Waals surface area contributed by atoms with Gasteiger partial charge in [-0.1, -0.05) is 269 Å². The highest BCUT2D eigenvalue weighted by Gasteiger charge is 2.20. The van der Waals surface area contributed by atoms with Gasteiger partial charge in [-0.3, -0.25) is 4.79 Å². The molecule has 0 aliphatic heterocycles. The first kappa shape index (κ1) is 59.6. The zero-order chi connectivity index (χ0) is 44.4. The number of aliphatic hydroxyl groups is 3. The van der Waals surface area contributed by atoms with Gasteiger partial charge < -0.3 is 20.6 Å². The first-order chi connectivity index (χ1) is 30.0. The Morgan fingerprint density at radius 2 is 0.738 bits per heavy atom. The maximum Gasteiger partial charge on any atom is 0.222 e. The molecule has 0 rings (SSSR count). The Hall–Kier alpha value is -1.43. The van der Waals surface area contributed by atoms with Crippen LogP contribution in [0.15, 0.2) is 36.5 Å². The zero-order valence-corrected chi connectivity index (χ0v) is 41.1. The van der Waals surface area contributed by atoms with Crippen molar-refractivity contribution in [1.29, 1.82) is 0 Å². The van der Waals surface area contributed by atoms with E-state index >= 15 is 0 Å². The third kappa shape index (κ3) is 47.9. The van der Waals surface area contributed by atoms with E-state index < -0.39 is 18.2 Å². The van der Waals surface area contributed by atoms with E-state index in [4.69, 9.17) is 0 Å². The van der Waals surface area contributed by atoms with Crippen molar-refractivity contribution in [3.63, 3.8) is 0 Å². The van der Waals surface area contributed by atoms with E-state index in [1.807, 2.05) is 6.08 Å². The summed E-state index contributed by atoms with van der Waals surface area (Å²) in [7, 11) is 0. The summed E-state index contributed by atoms with van der Waals surface area (Å²) in [6.45, 7) is 4.20. The SMILES string of the molecule is CCCCCCCCC/C=C/C(O)C(CO)NC(=O)CC(O)CCCCCCCCCCCCCCCCC/C=C\C/C=C\CCCCCCCCCCCCCCCCC.